The maximum atomic E-state index is 12.7. The first-order chi connectivity index (χ1) is 8.18. The molecule has 1 aromatic carbocycles. The average Bonchev–Trinajstić information content (AvgIpc) is 2.32. The van der Waals surface area contributed by atoms with Gasteiger partial charge in [-0.3, -0.25) is 0 Å². The van der Waals surface area contributed by atoms with Gasteiger partial charge in [0.1, 0.15) is 5.75 Å². The molecule has 2 aromatic rings. The zero-order valence-corrected chi connectivity index (χ0v) is 10.2. The number of hydrogen-bond donors (Lipinski definition) is 0. The van der Waals surface area contributed by atoms with Crippen LogP contribution in [0.4, 0.5) is 8.78 Å². The number of pyridine rings is 1. The summed E-state index contributed by atoms with van der Waals surface area (Å²) in [7, 11) is 0. The Hall–Kier alpha value is -1.49. The Labute approximate surface area is 105 Å². The van der Waals surface area contributed by atoms with E-state index in [1.165, 1.54) is 18.3 Å². The molecule has 0 aliphatic carbocycles. The van der Waals surface area contributed by atoms with E-state index in [-0.39, 0.29) is 11.4 Å². The molecule has 1 heterocycles. The number of benzene rings is 1. The quantitative estimate of drug-likeness (QED) is 0.828. The van der Waals surface area contributed by atoms with Crippen molar-refractivity contribution in [2.45, 2.75) is 6.43 Å². The molecule has 88 valence electrons. The second kappa shape index (κ2) is 5.23. The van der Waals surface area contributed by atoms with E-state index >= 15 is 0 Å². The molecule has 0 saturated heterocycles. The first-order valence-electron chi connectivity index (χ1n) is 4.84. The first-order valence-corrected chi connectivity index (χ1v) is 5.63. The third-order valence-electron chi connectivity index (χ3n) is 2.08. The lowest BCUT2D eigenvalue weighted by atomic mass is 10.3. The molecule has 0 unspecified atom stereocenters. The maximum Gasteiger partial charge on any atom is 0.269 e. The Bertz CT molecular complexity index is 519. The number of rotatable bonds is 3. The monoisotopic (exact) mass is 299 g/mol. The fourth-order valence-corrected chi connectivity index (χ4v) is 1.65. The van der Waals surface area contributed by atoms with Gasteiger partial charge in [0.15, 0.2) is 0 Å². The first kappa shape index (κ1) is 12.0. The van der Waals surface area contributed by atoms with E-state index in [4.69, 9.17) is 4.74 Å². The lowest BCUT2D eigenvalue weighted by Crippen LogP contribution is -1.95. The summed E-state index contributed by atoms with van der Waals surface area (Å²) in [6.45, 7) is 0. The number of aromatic nitrogens is 1. The fourth-order valence-electron chi connectivity index (χ4n) is 1.29. The van der Waals surface area contributed by atoms with Crippen molar-refractivity contribution in [3.8, 4) is 11.6 Å². The molecule has 0 amide bonds. The second-order valence-corrected chi connectivity index (χ2v) is 4.09. The summed E-state index contributed by atoms with van der Waals surface area (Å²) in [6, 6.07) is 9.75. The van der Waals surface area contributed by atoms with Crippen molar-refractivity contribution >= 4 is 15.9 Å². The van der Waals surface area contributed by atoms with Crippen LogP contribution in [0.3, 0.4) is 0 Å². The SMILES string of the molecule is FC(F)c1cccnc1Oc1ccccc1Br. The van der Waals surface area contributed by atoms with E-state index in [0.717, 1.165) is 0 Å². The van der Waals surface area contributed by atoms with Gasteiger partial charge in [-0.15, -0.1) is 0 Å². The molecule has 0 bridgehead atoms. The van der Waals surface area contributed by atoms with Gasteiger partial charge in [0.05, 0.1) is 10.0 Å². The average molecular weight is 300 g/mol. The largest absolute Gasteiger partial charge is 0.437 e. The Kier molecular flexibility index (Phi) is 3.68. The van der Waals surface area contributed by atoms with E-state index < -0.39 is 6.43 Å². The summed E-state index contributed by atoms with van der Waals surface area (Å²) < 4.78 is 31.4. The lowest BCUT2D eigenvalue weighted by Gasteiger charge is -2.10. The van der Waals surface area contributed by atoms with Gasteiger partial charge in [-0.05, 0) is 40.2 Å². The van der Waals surface area contributed by atoms with Crippen LogP contribution in [0.1, 0.15) is 12.0 Å². The molecule has 0 atom stereocenters. The van der Waals surface area contributed by atoms with E-state index in [2.05, 4.69) is 20.9 Å². The van der Waals surface area contributed by atoms with Crippen molar-refractivity contribution in [3.63, 3.8) is 0 Å². The normalized spacial score (nSPS) is 10.6. The molecule has 2 rings (SSSR count). The van der Waals surface area contributed by atoms with Crippen molar-refractivity contribution in [2.24, 2.45) is 0 Å². The molecule has 0 fully saturated rings. The molecule has 0 spiro atoms. The van der Waals surface area contributed by atoms with Crippen molar-refractivity contribution in [1.82, 2.24) is 4.98 Å². The minimum Gasteiger partial charge on any atom is -0.437 e. The summed E-state index contributed by atoms with van der Waals surface area (Å²) in [4.78, 5) is 3.81. The molecule has 0 aliphatic heterocycles. The van der Waals surface area contributed by atoms with Crippen LogP contribution >= 0.6 is 15.9 Å². The third-order valence-corrected chi connectivity index (χ3v) is 2.73. The topological polar surface area (TPSA) is 22.1 Å². The maximum absolute atomic E-state index is 12.7. The number of alkyl halides is 2. The summed E-state index contributed by atoms with van der Waals surface area (Å²) >= 11 is 3.28. The van der Waals surface area contributed by atoms with Crippen LogP contribution in [0.5, 0.6) is 11.6 Å². The Morgan fingerprint density at radius 1 is 1.12 bits per heavy atom. The number of para-hydroxylation sites is 1. The number of ether oxygens (including phenoxy) is 1. The smallest absolute Gasteiger partial charge is 0.269 e. The van der Waals surface area contributed by atoms with Gasteiger partial charge >= 0.3 is 0 Å². The van der Waals surface area contributed by atoms with Crippen LogP contribution in [0.25, 0.3) is 0 Å². The van der Waals surface area contributed by atoms with Gasteiger partial charge < -0.3 is 4.74 Å². The highest BCUT2D eigenvalue weighted by atomic mass is 79.9. The van der Waals surface area contributed by atoms with E-state index in [9.17, 15) is 8.78 Å². The van der Waals surface area contributed by atoms with Gasteiger partial charge in [-0.2, -0.15) is 0 Å². The van der Waals surface area contributed by atoms with Gasteiger partial charge in [0, 0.05) is 6.20 Å². The standard InChI is InChI=1S/C12H8BrF2NO/c13-9-5-1-2-6-10(9)17-12-8(11(14)15)4-3-7-16-12/h1-7,11H. The Morgan fingerprint density at radius 2 is 1.88 bits per heavy atom. The van der Waals surface area contributed by atoms with Crippen molar-refractivity contribution in [1.29, 1.82) is 0 Å². The van der Waals surface area contributed by atoms with E-state index in [0.29, 0.717) is 10.2 Å². The molecule has 1 aromatic heterocycles. The predicted molar refractivity (Wildman–Crippen MR) is 63.4 cm³/mol. The van der Waals surface area contributed by atoms with Crippen LogP contribution in [0.15, 0.2) is 47.1 Å². The molecule has 5 heteroatoms. The lowest BCUT2D eigenvalue weighted by molar-refractivity contribution is 0.147. The highest BCUT2D eigenvalue weighted by molar-refractivity contribution is 9.10. The zero-order chi connectivity index (χ0) is 12.3. The van der Waals surface area contributed by atoms with Crippen molar-refractivity contribution < 1.29 is 13.5 Å². The molecule has 0 radical (unpaired) electrons. The number of hydrogen-bond acceptors (Lipinski definition) is 2. The molecule has 0 N–H and O–H groups in total. The van der Waals surface area contributed by atoms with Crippen LogP contribution in [-0.4, -0.2) is 4.98 Å². The zero-order valence-electron chi connectivity index (χ0n) is 8.61. The molecule has 17 heavy (non-hydrogen) atoms. The summed E-state index contributed by atoms with van der Waals surface area (Å²) in [5.74, 6) is 0.377. The van der Waals surface area contributed by atoms with Gasteiger partial charge in [-0.25, -0.2) is 13.8 Å². The van der Waals surface area contributed by atoms with Crippen molar-refractivity contribution in [2.75, 3.05) is 0 Å². The number of halogens is 3. The predicted octanol–water partition coefficient (Wildman–Crippen LogP) is 4.57. The van der Waals surface area contributed by atoms with Gasteiger partial charge in [0.2, 0.25) is 5.88 Å². The van der Waals surface area contributed by atoms with Gasteiger partial charge in [-0.1, -0.05) is 12.1 Å². The highest BCUT2D eigenvalue weighted by Crippen LogP contribution is 2.33. The van der Waals surface area contributed by atoms with Gasteiger partial charge in [0.25, 0.3) is 6.43 Å². The Morgan fingerprint density at radius 3 is 2.59 bits per heavy atom. The third kappa shape index (κ3) is 2.79. The summed E-state index contributed by atoms with van der Waals surface area (Å²) in [5.41, 5.74) is -0.219. The van der Waals surface area contributed by atoms with E-state index in [1.54, 1.807) is 18.2 Å². The van der Waals surface area contributed by atoms with Crippen LogP contribution in [0, 0.1) is 0 Å². The van der Waals surface area contributed by atoms with Crippen LogP contribution in [0.2, 0.25) is 0 Å². The fraction of sp³-hybridized carbons (Fsp3) is 0.0833. The minimum atomic E-state index is -2.61. The summed E-state index contributed by atoms with van der Waals surface area (Å²) in [5, 5.41) is 0. The van der Waals surface area contributed by atoms with Crippen molar-refractivity contribution in [3.05, 3.63) is 52.6 Å². The molecule has 0 saturated carbocycles. The van der Waals surface area contributed by atoms with Crippen LogP contribution < -0.4 is 4.74 Å². The molecule has 0 aliphatic rings. The minimum absolute atomic E-state index is 0.0746. The van der Waals surface area contributed by atoms with E-state index in [1.807, 2.05) is 6.07 Å². The molecular weight excluding hydrogens is 292 g/mol. The summed E-state index contributed by atoms with van der Waals surface area (Å²) in [6.07, 6.45) is -1.20. The molecular formula is C12H8BrF2NO. The second-order valence-electron chi connectivity index (χ2n) is 3.23. The highest BCUT2D eigenvalue weighted by Gasteiger charge is 2.15. The number of nitrogens with zero attached hydrogens (tertiary/aromatic N) is 1. The molecule has 2 nitrogen and oxygen atoms in total. The Balaban J connectivity index is 2.34. The van der Waals surface area contributed by atoms with Crippen LogP contribution in [-0.2, 0) is 0 Å².